The van der Waals surface area contributed by atoms with Crippen molar-refractivity contribution in [1.29, 1.82) is 0 Å². The van der Waals surface area contributed by atoms with Crippen molar-refractivity contribution < 1.29 is 13.6 Å². The van der Waals surface area contributed by atoms with Gasteiger partial charge in [0.25, 0.3) is 0 Å². The van der Waals surface area contributed by atoms with Crippen LogP contribution in [0, 0.1) is 5.82 Å². The Kier molecular flexibility index (Phi) is 4.95. The molecule has 1 heterocycles. The molecule has 1 aromatic heterocycles. The molecule has 0 fully saturated rings. The second kappa shape index (κ2) is 6.91. The van der Waals surface area contributed by atoms with Crippen molar-refractivity contribution in [1.82, 2.24) is 5.43 Å². The zero-order chi connectivity index (χ0) is 14.4. The van der Waals surface area contributed by atoms with Crippen LogP contribution in [-0.2, 0) is 4.79 Å². The molecule has 1 N–H and O–H groups in total. The van der Waals surface area contributed by atoms with E-state index in [2.05, 4.69) is 10.5 Å². The van der Waals surface area contributed by atoms with Crippen molar-refractivity contribution in [3.63, 3.8) is 0 Å². The molecule has 2 aromatic rings. The van der Waals surface area contributed by atoms with E-state index < -0.39 is 0 Å². The van der Waals surface area contributed by atoms with Gasteiger partial charge in [-0.05, 0) is 31.2 Å². The van der Waals surface area contributed by atoms with Crippen LogP contribution in [0.3, 0.4) is 0 Å². The Hall–Kier alpha value is -2.08. The topological polar surface area (TPSA) is 54.6 Å². The number of halogens is 1. The maximum absolute atomic E-state index is 13.3. The second-order valence-corrected chi connectivity index (χ2v) is 4.95. The molecule has 6 heteroatoms. The zero-order valence-electron chi connectivity index (χ0n) is 10.8. The van der Waals surface area contributed by atoms with Crippen molar-refractivity contribution in [3.05, 3.63) is 54.2 Å². The Morgan fingerprint density at radius 3 is 2.85 bits per heavy atom. The van der Waals surface area contributed by atoms with E-state index in [1.54, 1.807) is 37.3 Å². The van der Waals surface area contributed by atoms with Crippen LogP contribution in [-0.4, -0.2) is 17.4 Å². The summed E-state index contributed by atoms with van der Waals surface area (Å²) in [5.74, 6) is 0.0485. The Morgan fingerprint density at radius 2 is 2.15 bits per heavy atom. The van der Waals surface area contributed by atoms with E-state index in [9.17, 15) is 9.18 Å². The van der Waals surface area contributed by atoms with Crippen molar-refractivity contribution in [2.24, 2.45) is 5.10 Å². The van der Waals surface area contributed by atoms with Gasteiger partial charge in [-0.15, -0.1) is 11.8 Å². The highest BCUT2D eigenvalue weighted by molar-refractivity contribution is 8.00. The highest BCUT2D eigenvalue weighted by atomic mass is 32.2. The fourth-order valence-electron chi connectivity index (χ4n) is 1.42. The van der Waals surface area contributed by atoms with Crippen molar-refractivity contribution in [3.8, 4) is 0 Å². The fraction of sp³-hybridized carbons (Fsp3) is 0.143. The van der Waals surface area contributed by atoms with Crippen LogP contribution < -0.4 is 5.43 Å². The summed E-state index contributed by atoms with van der Waals surface area (Å²) in [4.78, 5) is 12.0. The standard InChI is InChI=1S/C14H13FN2O2S/c1-10(12-6-4-8-19-12)16-17-14(18)9-20-13-7-3-2-5-11(13)15/h2-8H,9H2,1H3,(H,17,18)/b16-10-. The molecular weight excluding hydrogens is 279 g/mol. The number of nitrogens with one attached hydrogen (secondary N) is 1. The first-order valence-electron chi connectivity index (χ1n) is 5.91. The molecule has 0 radical (unpaired) electrons. The highest BCUT2D eigenvalue weighted by Crippen LogP contribution is 2.20. The Bertz CT molecular complexity index is 611. The Labute approximate surface area is 120 Å². The van der Waals surface area contributed by atoms with Gasteiger partial charge in [-0.25, -0.2) is 9.82 Å². The molecule has 104 valence electrons. The summed E-state index contributed by atoms with van der Waals surface area (Å²) in [6.45, 7) is 1.73. The third-order valence-electron chi connectivity index (χ3n) is 2.42. The maximum atomic E-state index is 13.3. The molecule has 1 aromatic carbocycles. The predicted molar refractivity (Wildman–Crippen MR) is 76.2 cm³/mol. The van der Waals surface area contributed by atoms with Gasteiger partial charge >= 0.3 is 0 Å². The third kappa shape index (κ3) is 3.96. The lowest BCUT2D eigenvalue weighted by molar-refractivity contribution is -0.118. The number of hydrogen-bond acceptors (Lipinski definition) is 4. The number of nitrogens with zero attached hydrogens (tertiary/aromatic N) is 1. The average Bonchev–Trinajstić information content (AvgIpc) is 2.98. The van der Waals surface area contributed by atoms with E-state index in [4.69, 9.17) is 4.42 Å². The minimum atomic E-state index is -0.333. The summed E-state index contributed by atoms with van der Waals surface area (Å²) in [6, 6.07) is 9.81. The van der Waals surface area contributed by atoms with Crippen LogP contribution >= 0.6 is 11.8 Å². The number of carbonyl (C=O) groups excluding carboxylic acids is 1. The van der Waals surface area contributed by atoms with Crippen LogP contribution in [0.2, 0.25) is 0 Å². The molecule has 0 aliphatic carbocycles. The minimum absolute atomic E-state index is 0.0931. The van der Waals surface area contributed by atoms with E-state index in [1.807, 2.05) is 0 Å². The summed E-state index contributed by atoms with van der Waals surface area (Å²) in [6.07, 6.45) is 1.53. The van der Waals surface area contributed by atoms with Crippen molar-refractivity contribution in [2.45, 2.75) is 11.8 Å². The molecule has 0 unspecified atom stereocenters. The van der Waals surface area contributed by atoms with Gasteiger partial charge < -0.3 is 4.42 Å². The molecule has 0 aliphatic heterocycles. The van der Waals surface area contributed by atoms with Crippen molar-refractivity contribution in [2.75, 3.05) is 5.75 Å². The fourth-order valence-corrected chi connectivity index (χ4v) is 2.15. The summed E-state index contributed by atoms with van der Waals surface area (Å²) < 4.78 is 18.5. The first-order valence-corrected chi connectivity index (χ1v) is 6.89. The molecule has 20 heavy (non-hydrogen) atoms. The molecule has 0 atom stereocenters. The SMILES string of the molecule is C/C(=N/NC(=O)CSc1ccccc1F)c1ccco1. The minimum Gasteiger partial charge on any atom is -0.463 e. The maximum Gasteiger partial charge on any atom is 0.250 e. The Morgan fingerprint density at radius 1 is 1.35 bits per heavy atom. The number of carbonyl (C=O) groups is 1. The largest absolute Gasteiger partial charge is 0.463 e. The molecule has 0 aliphatic rings. The molecule has 0 spiro atoms. The summed E-state index contributed by atoms with van der Waals surface area (Å²) in [5.41, 5.74) is 2.97. The molecule has 2 rings (SSSR count). The first-order chi connectivity index (χ1) is 9.66. The van der Waals surface area contributed by atoms with E-state index in [-0.39, 0.29) is 17.5 Å². The van der Waals surface area contributed by atoms with E-state index in [0.29, 0.717) is 16.4 Å². The quantitative estimate of drug-likeness (QED) is 0.523. The number of rotatable bonds is 5. The normalized spacial score (nSPS) is 11.4. The van der Waals surface area contributed by atoms with Gasteiger partial charge in [0.1, 0.15) is 17.3 Å². The summed E-state index contributed by atoms with van der Waals surface area (Å²) in [5, 5.41) is 3.92. The van der Waals surface area contributed by atoms with E-state index >= 15 is 0 Å². The second-order valence-electron chi connectivity index (χ2n) is 3.93. The van der Waals surface area contributed by atoms with Crippen LogP contribution in [0.4, 0.5) is 4.39 Å². The zero-order valence-corrected chi connectivity index (χ0v) is 11.6. The monoisotopic (exact) mass is 292 g/mol. The Balaban J connectivity index is 1.84. The van der Waals surface area contributed by atoms with Crippen LogP contribution in [0.25, 0.3) is 0 Å². The number of amides is 1. The lowest BCUT2D eigenvalue weighted by Crippen LogP contribution is -2.21. The number of benzene rings is 1. The molecule has 0 saturated carbocycles. The summed E-state index contributed by atoms with van der Waals surface area (Å²) in [7, 11) is 0. The third-order valence-corrected chi connectivity index (χ3v) is 3.47. The number of furan rings is 1. The lowest BCUT2D eigenvalue weighted by atomic mass is 10.3. The smallest absolute Gasteiger partial charge is 0.250 e. The highest BCUT2D eigenvalue weighted by Gasteiger charge is 2.06. The van der Waals surface area contributed by atoms with Gasteiger partial charge in [0.05, 0.1) is 12.0 Å². The number of hydrazone groups is 1. The van der Waals surface area contributed by atoms with E-state index in [0.717, 1.165) is 11.8 Å². The van der Waals surface area contributed by atoms with Crippen LogP contribution in [0.15, 0.2) is 57.1 Å². The van der Waals surface area contributed by atoms with Gasteiger partial charge in [-0.2, -0.15) is 5.10 Å². The van der Waals surface area contributed by atoms with Gasteiger partial charge in [-0.1, -0.05) is 12.1 Å². The summed E-state index contributed by atoms with van der Waals surface area (Å²) >= 11 is 1.12. The average molecular weight is 292 g/mol. The molecule has 0 bridgehead atoms. The van der Waals surface area contributed by atoms with Gasteiger partial charge in [-0.3, -0.25) is 4.79 Å². The predicted octanol–water partition coefficient (Wildman–Crippen LogP) is 3.05. The first kappa shape index (κ1) is 14.3. The van der Waals surface area contributed by atoms with Crippen LogP contribution in [0.1, 0.15) is 12.7 Å². The molecule has 0 saturated heterocycles. The van der Waals surface area contributed by atoms with Gasteiger partial charge in [0.15, 0.2) is 0 Å². The molecule has 4 nitrogen and oxygen atoms in total. The van der Waals surface area contributed by atoms with Crippen LogP contribution in [0.5, 0.6) is 0 Å². The van der Waals surface area contributed by atoms with E-state index in [1.165, 1.54) is 12.3 Å². The number of hydrogen-bond donors (Lipinski definition) is 1. The van der Waals surface area contributed by atoms with Gasteiger partial charge in [0, 0.05) is 4.90 Å². The van der Waals surface area contributed by atoms with Gasteiger partial charge in [0.2, 0.25) is 5.91 Å². The molecular formula is C14H13FN2O2S. The number of thioether (sulfide) groups is 1. The lowest BCUT2D eigenvalue weighted by Gasteiger charge is -2.02. The van der Waals surface area contributed by atoms with Crippen molar-refractivity contribution >= 4 is 23.4 Å². The molecule has 1 amide bonds.